The minimum atomic E-state index is -0.298. The molecule has 4 aromatic rings. The predicted molar refractivity (Wildman–Crippen MR) is 91.7 cm³/mol. The molecule has 8 heteroatoms. The van der Waals surface area contributed by atoms with Gasteiger partial charge in [0.15, 0.2) is 11.2 Å². The zero-order valence-electron chi connectivity index (χ0n) is 13.4. The van der Waals surface area contributed by atoms with Gasteiger partial charge in [0, 0.05) is 19.3 Å². The summed E-state index contributed by atoms with van der Waals surface area (Å²) in [4.78, 5) is 28.7. The number of para-hydroxylation sites is 1. The molecule has 0 amide bonds. The van der Waals surface area contributed by atoms with Gasteiger partial charge in [-0.1, -0.05) is 23.4 Å². The van der Waals surface area contributed by atoms with Crippen LogP contribution in [0.15, 0.2) is 64.6 Å². The molecule has 0 aliphatic rings. The summed E-state index contributed by atoms with van der Waals surface area (Å²) in [5.41, 5.74) is 1.66. The van der Waals surface area contributed by atoms with E-state index < -0.39 is 0 Å². The number of nitrogens with zero attached hydrogens (tertiary/aromatic N) is 6. The first-order valence-electron chi connectivity index (χ1n) is 7.65. The van der Waals surface area contributed by atoms with Gasteiger partial charge in [0.25, 0.3) is 11.1 Å². The van der Waals surface area contributed by atoms with Gasteiger partial charge in [0.2, 0.25) is 0 Å². The summed E-state index contributed by atoms with van der Waals surface area (Å²) in [6, 6.07) is 12.7. The maximum Gasteiger partial charge on any atom is 0.283 e. The van der Waals surface area contributed by atoms with Gasteiger partial charge < -0.3 is 4.57 Å². The van der Waals surface area contributed by atoms with Crippen molar-refractivity contribution in [3.05, 3.63) is 81.3 Å². The maximum atomic E-state index is 12.7. The van der Waals surface area contributed by atoms with E-state index in [9.17, 15) is 9.59 Å². The second-order valence-corrected chi connectivity index (χ2v) is 5.67. The van der Waals surface area contributed by atoms with E-state index in [0.29, 0.717) is 5.65 Å². The molecule has 25 heavy (non-hydrogen) atoms. The summed E-state index contributed by atoms with van der Waals surface area (Å²) in [6.45, 7) is 0.246. The summed E-state index contributed by atoms with van der Waals surface area (Å²) in [5, 5.41) is 8.02. The first kappa shape index (κ1) is 15.0. The second-order valence-electron chi connectivity index (χ2n) is 5.67. The number of benzene rings is 1. The highest BCUT2D eigenvalue weighted by Gasteiger charge is 2.13. The Kier molecular flexibility index (Phi) is 3.50. The molecule has 3 aromatic heterocycles. The molecule has 124 valence electrons. The van der Waals surface area contributed by atoms with Gasteiger partial charge in [0.05, 0.1) is 12.2 Å². The molecular formula is C17H14N6O2. The fourth-order valence-electron chi connectivity index (χ4n) is 2.58. The van der Waals surface area contributed by atoms with E-state index in [0.717, 1.165) is 11.3 Å². The van der Waals surface area contributed by atoms with Crippen LogP contribution in [0.1, 0.15) is 5.56 Å². The molecule has 0 unspecified atom stereocenters. The van der Waals surface area contributed by atoms with Crippen molar-refractivity contribution in [2.24, 2.45) is 7.05 Å². The largest absolute Gasteiger partial charge is 0.319 e. The molecule has 8 nitrogen and oxygen atoms in total. The van der Waals surface area contributed by atoms with Crippen LogP contribution in [0.3, 0.4) is 0 Å². The van der Waals surface area contributed by atoms with E-state index in [1.807, 2.05) is 30.3 Å². The van der Waals surface area contributed by atoms with Gasteiger partial charge in [-0.15, -0.1) is 5.10 Å². The zero-order chi connectivity index (χ0) is 17.4. The highest BCUT2D eigenvalue weighted by atomic mass is 16.1. The molecule has 0 spiro atoms. The Labute approximate surface area is 141 Å². The second kappa shape index (κ2) is 5.82. The Balaban J connectivity index is 1.77. The number of hydrogen-bond donors (Lipinski definition) is 0. The maximum absolute atomic E-state index is 12.7. The smallest absolute Gasteiger partial charge is 0.283 e. The van der Waals surface area contributed by atoms with Crippen molar-refractivity contribution < 1.29 is 0 Å². The van der Waals surface area contributed by atoms with Crippen LogP contribution in [0.4, 0.5) is 0 Å². The Morgan fingerprint density at radius 1 is 1.08 bits per heavy atom. The molecular weight excluding hydrogens is 320 g/mol. The molecule has 0 N–H and O–H groups in total. The average Bonchev–Trinajstić information content (AvgIpc) is 3.06. The van der Waals surface area contributed by atoms with Crippen molar-refractivity contribution >= 4 is 11.2 Å². The Bertz CT molecular complexity index is 1170. The SMILES string of the molecule is Cn1ccc(Cn2cnc3c(nnn3-c3ccccc3)c2=O)cc1=O. The van der Waals surface area contributed by atoms with Crippen LogP contribution in [0, 0.1) is 0 Å². The molecule has 0 bridgehead atoms. The number of pyridine rings is 1. The number of aromatic nitrogens is 6. The lowest BCUT2D eigenvalue weighted by atomic mass is 10.2. The van der Waals surface area contributed by atoms with Gasteiger partial charge in [-0.25, -0.2) is 4.98 Å². The molecule has 0 aliphatic heterocycles. The van der Waals surface area contributed by atoms with Gasteiger partial charge >= 0.3 is 0 Å². The lowest BCUT2D eigenvalue weighted by Crippen LogP contribution is -2.23. The van der Waals surface area contributed by atoms with Crippen molar-refractivity contribution in [3.8, 4) is 5.69 Å². The third-order valence-corrected chi connectivity index (χ3v) is 3.95. The van der Waals surface area contributed by atoms with Crippen LogP contribution >= 0.6 is 0 Å². The van der Waals surface area contributed by atoms with Gasteiger partial charge in [-0.2, -0.15) is 4.68 Å². The topological polar surface area (TPSA) is 87.6 Å². The number of hydrogen-bond acceptors (Lipinski definition) is 5. The van der Waals surface area contributed by atoms with Gasteiger partial charge in [0.1, 0.15) is 6.33 Å². The molecule has 0 saturated heterocycles. The van der Waals surface area contributed by atoms with E-state index in [-0.39, 0.29) is 23.2 Å². The first-order valence-corrected chi connectivity index (χ1v) is 7.65. The molecule has 0 atom stereocenters. The van der Waals surface area contributed by atoms with Crippen LogP contribution in [-0.2, 0) is 13.6 Å². The highest BCUT2D eigenvalue weighted by molar-refractivity contribution is 5.70. The third-order valence-electron chi connectivity index (χ3n) is 3.95. The minimum absolute atomic E-state index is 0.130. The van der Waals surface area contributed by atoms with Crippen LogP contribution in [0.25, 0.3) is 16.9 Å². The molecule has 0 radical (unpaired) electrons. The van der Waals surface area contributed by atoms with E-state index in [1.165, 1.54) is 26.2 Å². The quantitative estimate of drug-likeness (QED) is 0.551. The molecule has 4 rings (SSSR count). The van der Waals surface area contributed by atoms with E-state index in [1.54, 1.807) is 19.3 Å². The summed E-state index contributed by atoms with van der Waals surface area (Å²) < 4.78 is 4.42. The van der Waals surface area contributed by atoms with Crippen molar-refractivity contribution in [3.63, 3.8) is 0 Å². The summed E-state index contributed by atoms with van der Waals surface area (Å²) >= 11 is 0. The highest BCUT2D eigenvalue weighted by Crippen LogP contribution is 2.11. The van der Waals surface area contributed by atoms with Gasteiger partial charge in [-0.3, -0.25) is 14.2 Å². The normalized spacial score (nSPS) is 11.1. The predicted octanol–water partition coefficient (Wildman–Crippen LogP) is 0.724. The van der Waals surface area contributed by atoms with Crippen LogP contribution in [-0.4, -0.2) is 29.1 Å². The summed E-state index contributed by atoms with van der Waals surface area (Å²) in [6.07, 6.45) is 3.12. The number of aryl methyl sites for hydroxylation is 1. The fraction of sp³-hybridized carbons (Fsp3) is 0.118. The molecule has 0 saturated carbocycles. The lowest BCUT2D eigenvalue weighted by Gasteiger charge is -2.06. The van der Waals surface area contributed by atoms with E-state index in [4.69, 9.17) is 0 Å². The first-order chi connectivity index (χ1) is 12.1. The molecule has 1 aromatic carbocycles. The van der Waals surface area contributed by atoms with Crippen molar-refractivity contribution in [2.45, 2.75) is 6.54 Å². The Morgan fingerprint density at radius 3 is 2.64 bits per heavy atom. The Hall–Kier alpha value is -3.55. The van der Waals surface area contributed by atoms with Crippen molar-refractivity contribution in [2.75, 3.05) is 0 Å². The standard InChI is InChI=1S/C17H14N6O2/c1-21-8-7-12(9-14(21)24)10-22-11-18-16-15(17(22)25)19-20-23(16)13-5-3-2-4-6-13/h2-9,11H,10H2,1H3. The van der Waals surface area contributed by atoms with Crippen LogP contribution in [0.5, 0.6) is 0 Å². The average molecular weight is 334 g/mol. The van der Waals surface area contributed by atoms with Crippen molar-refractivity contribution in [1.82, 2.24) is 29.1 Å². The van der Waals surface area contributed by atoms with E-state index in [2.05, 4.69) is 15.3 Å². The summed E-state index contributed by atoms with van der Waals surface area (Å²) in [5.74, 6) is 0. The fourth-order valence-corrected chi connectivity index (χ4v) is 2.58. The van der Waals surface area contributed by atoms with Crippen LogP contribution < -0.4 is 11.1 Å². The van der Waals surface area contributed by atoms with Gasteiger partial charge in [-0.05, 0) is 23.8 Å². The molecule has 0 fully saturated rings. The Morgan fingerprint density at radius 2 is 1.88 bits per heavy atom. The monoisotopic (exact) mass is 334 g/mol. The minimum Gasteiger partial charge on any atom is -0.319 e. The number of rotatable bonds is 3. The summed E-state index contributed by atoms with van der Waals surface area (Å²) in [7, 11) is 1.67. The van der Waals surface area contributed by atoms with E-state index >= 15 is 0 Å². The zero-order valence-corrected chi connectivity index (χ0v) is 13.4. The third kappa shape index (κ3) is 2.63. The van der Waals surface area contributed by atoms with Crippen LogP contribution in [0.2, 0.25) is 0 Å². The molecule has 0 aliphatic carbocycles. The lowest BCUT2D eigenvalue weighted by molar-refractivity contribution is 0.736. The van der Waals surface area contributed by atoms with Crippen molar-refractivity contribution in [1.29, 1.82) is 0 Å². The molecule has 3 heterocycles. The number of fused-ring (bicyclic) bond motifs is 1.